The van der Waals surface area contributed by atoms with E-state index in [0.717, 1.165) is 39.0 Å². The Bertz CT molecular complexity index is 261. The van der Waals surface area contributed by atoms with Crippen molar-refractivity contribution in [2.75, 3.05) is 26.2 Å². The molecule has 2 heterocycles. The largest absolute Gasteiger partial charge is 0.339 e. The highest BCUT2D eigenvalue weighted by Gasteiger charge is 2.16. The summed E-state index contributed by atoms with van der Waals surface area (Å²) in [5.74, 6) is 0.132. The topological polar surface area (TPSA) is 40.6 Å². The Kier molecular flexibility index (Phi) is 4.76. The Hall–Kier alpha value is -1.58. The zero-order chi connectivity index (χ0) is 12.0. The lowest BCUT2D eigenvalue weighted by Gasteiger charge is -2.29. The minimum Gasteiger partial charge on any atom is -0.339 e. The first-order valence-corrected chi connectivity index (χ1v) is 5.51. The standard InChI is InChI=1S/2C6H9NO/c2*1-2-6(8)7-4-3-5-7/h2*2H,1,3-5H2. The van der Waals surface area contributed by atoms with Gasteiger partial charge in [0.2, 0.25) is 11.8 Å². The lowest BCUT2D eigenvalue weighted by Crippen LogP contribution is -2.40. The van der Waals surface area contributed by atoms with Gasteiger partial charge in [0.05, 0.1) is 0 Å². The van der Waals surface area contributed by atoms with Gasteiger partial charge < -0.3 is 9.80 Å². The summed E-state index contributed by atoms with van der Waals surface area (Å²) in [6, 6.07) is 0. The third kappa shape index (κ3) is 3.22. The Labute approximate surface area is 96.2 Å². The molecule has 4 heteroatoms. The first-order valence-electron chi connectivity index (χ1n) is 5.51. The van der Waals surface area contributed by atoms with Crippen molar-refractivity contribution in [3.8, 4) is 0 Å². The van der Waals surface area contributed by atoms with E-state index in [2.05, 4.69) is 13.2 Å². The number of nitrogens with zero attached hydrogens (tertiary/aromatic N) is 2. The van der Waals surface area contributed by atoms with Gasteiger partial charge in [0, 0.05) is 26.2 Å². The Balaban J connectivity index is 0.000000160. The van der Waals surface area contributed by atoms with Crippen molar-refractivity contribution in [1.29, 1.82) is 0 Å². The molecule has 2 aliphatic heterocycles. The lowest BCUT2D eigenvalue weighted by atomic mass is 10.2. The highest BCUT2D eigenvalue weighted by molar-refractivity contribution is 5.87. The average Bonchev–Trinajstić information content (AvgIpc) is 2.13. The number of hydrogen-bond acceptors (Lipinski definition) is 2. The van der Waals surface area contributed by atoms with Crippen molar-refractivity contribution in [2.24, 2.45) is 0 Å². The predicted octanol–water partition coefficient (Wildman–Crippen LogP) is 0.809. The third-order valence-electron chi connectivity index (χ3n) is 2.68. The molecule has 0 bridgehead atoms. The van der Waals surface area contributed by atoms with Crippen LogP contribution in [0.5, 0.6) is 0 Å². The molecule has 0 unspecified atom stereocenters. The zero-order valence-corrected chi connectivity index (χ0v) is 9.52. The number of likely N-dealkylation sites (tertiary alicyclic amines) is 2. The quantitative estimate of drug-likeness (QED) is 0.649. The van der Waals surface area contributed by atoms with Crippen molar-refractivity contribution < 1.29 is 9.59 Å². The summed E-state index contributed by atoms with van der Waals surface area (Å²) in [4.78, 5) is 24.7. The fourth-order valence-corrected chi connectivity index (χ4v) is 1.33. The molecule has 0 aromatic rings. The van der Waals surface area contributed by atoms with E-state index in [1.165, 1.54) is 12.2 Å². The second kappa shape index (κ2) is 6.10. The molecule has 2 aliphatic rings. The van der Waals surface area contributed by atoms with Crippen molar-refractivity contribution in [3.63, 3.8) is 0 Å². The predicted molar refractivity (Wildman–Crippen MR) is 62.8 cm³/mol. The smallest absolute Gasteiger partial charge is 0.245 e. The van der Waals surface area contributed by atoms with Crippen molar-refractivity contribution in [3.05, 3.63) is 25.3 Å². The SMILES string of the molecule is C=CC(=O)N1CCC1.C=CC(=O)N1CCC1. The minimum absolute atomic E-state index is 0.0660. The van der Waals surface area contributed by atoms with Crippen LogP contribution in [-0.2, 0) is 9.59 Å². The molecule has 0 atom stereocenters. The van der Waals surface area contributed by atoms with Crippen LogP contribution >= 0.6 is 0 Å². The molecule has 0 aromatic carbocycles. The van der Waals surface area contributed by atoms with E-state index in [1.807, 2.05) is 0 Å². The molecule has 0 aromatic heterocycles. The van der Waals surface area contributed by atoms with E-state index in [1.54, 1.807) is 9.80 Å². The molecular weight excluding hydrogens is 204 g/mol. The fourth-order valence-electron chi connectivity index (χ4n) is 1.33. The molecule has 2 fully saturated rings. The van der Waals surface area contributed by atoms with Crippen LogP contribution in [0.4, 0.5) is 0 Å². The summed E-state index contributed by atoms with van der Waals surface area (Å²) in [5.41, 5.74) is 0. The van der Waals surface area contributed by atoms with E-state index in [-0.39, 0.29) is 11.8 Å². The third-order valence-corrected chi connectivity index (χ3v) is 2.68. The molecular formula is C12H18N2O2. The van der Waals surface area contributed by atoms with Gasteiger partial charge in [-0.25, -0.2) is 0 Å². The highest BCUT2D eigenvalue weighted by Crippen LogP contribution is 2.05. The van der Waals surface area contributed by atoms with E-state index in [9.17, 15) is 9.59 Å². The zero-order valence-electron chi connectivity index (χ0n) is 9.52. The van der Waals surface area contributed by atoms with E-state index in [4.69, 9.17) is 0 Å². The van der Waals surface area contributed by atoms with Crippen LogP contribution in [0.15, 0.2) is 25.3 Å². The van der Waals surface area contributed by atoms with Crippen LogP contribution in [0, 0.1) is 0 Å². The Morgan fingerprint density at radius 2 is 1.12 bits per heavy atom. The first kappa shape index (κ1) is 12.5. The van der Waals surface area contributed by atoms with Crippen LogP contribution in [0.25, 0.3) is 0 Å². The molecule has 0 N–H and O–H groups in total. The average molecular weight is 222 g/mol. The van der Waals surface area contributed by atoms with Gasteiger partial charge in [0.1, 0.15) is 0 Å². The van der Waals surface area contributed by atoms with Crippen LogP contribution in [0.1, 0.15) is 12.8 Å². The number of carbonyl (C=O) groups excluding carboxylic acids is 2. The van der Waals surface area contributed by atoms with Crippen LogP contribution in [0.3, 0.4) is 0 Å². The molecule has 4 nitrogen and oxygen atoms in total. The molecule has 0 saturated carbocycles. The second-order valence-electron chi connectivity index (χ2n) is 3.77. The van der Waals surface area contributed by atoms with Crippen LogP contribution in [-0.4, -0.2) is 47.8 Å². The van der Waals surface area contributed by atoms with Crippen LogP contribution < -0.4 is 0 Å². The second-order valence-corrected chi connectivity index (χ2v) is 3.77. The first-order chi connectivity index (χ1) is 7.69. The monoisotopic (exact) mass is 222 g/mol. The highest BCUT2D eigenvalue weighted by atomic mass is 16.2. The molecule has 0 aliphatic carbocycles. The molecule has 2 rings (SSSR count). The van der Waals surface area contributed by atoms with Crippen molar-refractivity contribution in [1.82, 2.24) is 9.80 Å². The van der Waals surface area contributed by atoms with Gasteiger partial charge in [-0.3, -0.25) is 9.59 Å². The van der Waals surface area contributed by atoms with E-state index in [0.29, 0.717) is 0 Å². The maximum absolute atomic E-state index is 10.6. The maximum atomic E-state index is 10.6. The lowest BCUT2D eigenvalue weighted by molar-refractivity contribution is -0.130. The van der Waals surface area contributed by atoms with E-state index >= 15 is 0 Å². The van der Waals surface area contributed by atoms with Crippen molar-refractivity contribution >= 4 is 11.8 Å². The molecule has 88 valence electrons. The summed E-state index contributed by atoms with van der Waals surface area (Å²) in [7, 11) is 0. The summed E-state index contributed by atoms with van der Waals surface area (Å²) in [6.07, 6.45) is 5.03. The van der Waals surface area contributed by atoms with Gasteiger partial charge in [-0.1, -0.05) is 13.2 Å². The van der Waals surface area contributed by atoms with Gasteiger partial charge in [-0.05, 0) is 25.0 Å². The summed E-state index contributed by atoms with van der Waals surface area (Å²) in [5, 5.41) is 0. The molecule has 2 amide bonds. The maximum Gasteiger partial charge on any atom is 0.245 e. The van der Waals surface area contributed by atoms with Gasteiger partial charge in [0.25, 0.3) is 0 Å². The number of rotatable bonds is 2. The van der Waals surface area contributed by atoms with Gasteiger partial charge in [-0.2, -0.15) is 0 Å². The molecule has 16 heavy (non-hydrogen) atoms. The number of carbonyl (C=O) groups is 2. The molecule has 0 radical (unpaired) electrons. The van der Waals surface area contributed by atoms with Crippen molar-refractivity contribution in [2.45, 2.75) is 12.8 Å². The summed E-state index contributed by atoms with van der Waals surface area (Å²) < 4.78 is 0. The van der Waals surface area contributed by atoms with E-state index < -0.39 is 0 Å². The Morgan fingerprint density at radius 1 is 0.812 bits per heavy atom. The summed E-state index contributed by atoms with van der Waals surface area (Å²) in [6.45, 7) is 10.4. The van der Waals surface area contributed by atoms with Gasteiger partial charge in [0.15, 0.2) is 0 Å². The fraction of sp³-hybridized carbons (Fsp3) is 0.500. The Morgan fingerprint density at radius 3 is 1.19 bits per heavy atom. The number of hydrogen-bond donors (Lipinski definition) is 0. The number of amides is 2. The summed E-state index contributed by atoms with van der Waals surface area (Å²) >= 11 is 0. The normalized spacial score (nSPS) is 17.2. The molecule has 0 spiro atoms. The van der Waals surface area contributed by atoms with Gasteiger partial charge in [-0.15, -0.1) is 0 Å². The molecule has 2 saturated heterocycles. The van der Waals surface area contributed by atoms with Gasteiger partial charge >= 0.3 is 0 Å². The van der Waals surface area contributed by atoms with Crippen LogP contribution in [0.2, 0.25) is 0 Å². The minimum atomic E-state index is 0.0660.